The van der Waals surface area contributed by atoms with Crippen molar-refractivity contribution in [1.29, 1.82) is 0 Å². The molecule has 0 unspecified atom stereocenters. The lowest BCUT2D eigenvalue weighted by Crippen LogP contribution is -2.28. The summed E-state index contributed by atoms with van der Waals surface area (Å²) in [6.45, 7) is 0. The third kappa shape index (κ3) is 2.80. The van der Waals surface area contributed by atoms with Crippen LogP contribution in [0, 0.1) is 5.82 Å². The number of halogens is 1. The second kappa shape index (κ2) is 4.03. The lowest BCUT2D eigenvalue weighted by atomic mass is 10.3. The minimum absolute atomic E-state index is 0.0252. The molecule has 0 saturated heterocycles. The standard InChI is InChI=1S/C8H12FN3O2S/c1-12(2)15(13,14)11-6-3-4-8(10)7(9)5-6/h3-5,11H,10H2,1-2H3. The van der Waals surface area contributed by atoms with E-state index >= 15 is 0 Å². The van der Waals surface area contributed by atoms with Crippen molar-refractivity contribution in [3.8, 4) is 0 Å². The van der Waals surface area contributed by atoms with Gasteiger partial charge in [0.2, 0.25) is 0 Å². The second-order valence-corrected chi connectivity index (χ2v) is 5.01. The first kappa shape index (κ1) is 11.7. The maximum atomic E-state index is 13.0. The topological polar surface area (TPSA) is 75.4 Å². The van der Waals surface area contributed by atoms with Crippen molar-refractivity contribution >= 4 is 21.6 Å². The van der Waals surface area contributed by atoms with E-state index in [2.05, 4.69) is 4.72 Å². The predicted octanol–water partition coefficient (Wildman–Crippen LogP) is 0.626. The average molecular weight is 233 g/mol. The molecule has 0 bridgehead atoms. The van der Waals surface area contributed by atoms with E-state index in [1.54, 1.807) is 0 Å². The van der Waals surface area contributed by atoms with Crippen LogP contribution >= 0.6 is 0 Å². The molecule has 7 heteroatoms. The summed E-state index contributed by atoms with van der Waals surface area (Å²) in [5, 5.41) is 0. The van der Waals surface area contributed by atoms with E-state index in [-0.39, 0.29) is 11.4 Å². The van der Waals surface area contributed by atoms with Gasteiger partial charge in [-0.15, -0.1) is 0 Å². The Bertz CT molecular complexity index is 459. The molecule has 1 aromatic carbocycles. The highest BCUT2D eigenvalue weighted by Crippen LogP contribution is 2.17. The monoisotopic (exact) mass is 233 g/mol. The molecule has 15 heavy (non-hydrogen) atoms. The van der Waals surface area contributed by atoms with Crippen molar-refractivity contribution in [2.24, 2.45) is 0 Å². The Hall–Kier alpha value is -1.34. The number of nitrogens with zero attached hydrogens (tertiary/aromatic N) is 1. The fraction of sp³-hybridized carbons (Fsp3) is 0.250. The van der Waals surface area contributed by atoms with Gasteiger partial charge in [-0.25, -0.2) is 4.39 Å². The summed E-state index contributed by atoms with van der Waals surface area (Å²) < 4.78 is 38.9. The van der Waals surface area contributed by atoms with E-state index in [1.807, 2.05) is 0 Å². The number of nitrogen functional groups attached to an aromatic ring is 1. The SMILES string of the molecule is CN(C)S(=O)(=O)Nc1ccc(N)c(F)c1. The fourth-order valence-corrected chi connectivity index (χ4v) is 1.44. The second-order valence-electron chi connectivity index (χ2n) is 3.13. The van der Waals surface area contributed by atoms with Crippen molar-refractivity contribution in [1.82, 2.24) is 4.31 Å². The van der Waals surface area contributed by atoms with Crippen molar-refractivity contribution in [3.05, 3.63) is 24.0 Å². The molecule has 5 nitrogen and oxygen atoms in total. The number of hydrogen-bond acceptors (Lipinski definition) is 3. The number of nitrogens with one attached hydrogen (secondary N) is 1. The predicted molar refractivity (Wildman–Crippen MR) is 57.0 cm³/mol. The van der Waals surface area contributed by atoms with Gasteiger partial charge in [0, 0.05) is 20.2 Å². The molecule has 0 aromatic heterocycles. The molecule has 0 saturated carbocycles. The molecule has 1 rings (SSSR count). The normalized spacial score (nSPS) is 11.7. The van der Waals surface area contributed by atoms with Gasteiger partial charge in [0.25, 0.3) is 0 Å². The first-order valence-corrected chi connectivity index (χ1v) is 5.52. The molecule has 0 atom stereocenters. The minimum Gasteiger partial charge on any atom is -0.396 e. The van der Waals surface area contributed by atoms with Crippen LogP contribution in [0.1, 0.15) is 0 Å². The minimum atomic E-state index is -3.61. The molecule has 84 valence electrons. The van der Waals surface area contributed by atoms with Crippen molar-refractivity contribution < 1.29 is 12.8 Å². The Morgan fingerprint density at radius 3 is 2.47 bits per heavy atom. The van der Waals surface area contributed by atoms with Crippen LogP contribution < -0.4 is 10.5 Å². The molecule has 0 aliphatic heterocycles. The van der Waals surface area contributed by atoms with Gasteiger partial charge in [0.05, 0.1) is 11.4 Å². The molecule has 0 aliphatic carbocycles. The first-order valence-electron chi connectivity index (χ1n) is 4.08. The first-order chi connectivity index (χ1) is 6.83. The van der Waals surface area contributed by atoms with Crippen molar-refractivity contribution in [2.45, 2.75) is 0 Å². The molecule has 3 N–H and O–H groups in total. The number of anilines is 2. The zero-order valence-electron chi connectivity index (χ0n) is 8.36. The van der Waals surface area contributed by atoms with Gasteiger partial charge in [-0.2, -0.15) is 12.7 Å². The van der Waals surface area contributed by atoms with Crippen LogP contribution in [0.4, 0.5) is 15.8 Å². The molecule has 1 aromatic rings. The highest BCUT2D eigenvalue weighted by Gasteiger charge is 2.13. The summed E-state index contributed by atoms with van der Waals surface area (Å²) in [6, 6.07) is 3.71. The maximum Gasteiger partial charge on any atom is 0.301 e. The number of nitrogens with two attached hydrogens (primary N) is 1. The Morgan fingerprint density at radius 1 is 1.40 bits per heavy atom. The van der Waals surface area contributed by atoms with Gasteiger partial charge < -0.3 is 5.73 Å². The molecule has 0 heterocycles. The van der Waals surface area contributed by atoms with E-state index in [0.29, 0.717) is 0 Å². The Labute approximate surface area is 87.9 Å². The van der Waals surface area contributed by atoms with Crippen LogP contribution in [-0.4, -0.2) is 26.8 Å². The van der Waals surface area contributed by atoms with Gasteiger partial charge in [-0.1, -0.05) is 0 Å². The Morgan fingerprint density at radius 2 is 2.00 bits per heavy atom. The van der Waals surface area contributed by atoms with Crippen LogP contribution in [0.25, 0.3) is 0 Å². The maximum absolute atomic E-state index is 13.0. The third-order valence-corrected chi connectivity index (χ3v) is 3.18. The molecule has 0 aliphatic rings. The van der Waals surface area contributed by atoms with Gasteiger partial charge in [0.15, 0.2) is 0 Å². The summed E-state index contributed by atoms with van der Waals surface area (Å²) in [5.41, 5.74) is 5.36. The van der Waals surface area contributed by atoms with Gasteiger partial charge in [-0.3, -0.25) is 4.72 Å². The Kier molecular flexibility index (Phi) is 3.15. The number of hydrogen-bond donors (Lipinski definition) is 2. The molecular weight excluding hydrogens is 221 g/mol. The van der Waals surface area contributed by atoms with Gasteiger partial charge >= 0.3 is 10.2 Å². The molecule has 0 spiro atoms. The Balaban J connectivity index is 2.96. The summed E-state index contributed by atoms with van der Waals surface area (Å²) in [4.78, 5) is 0. The van der Waals surface area contributed by atoms with E-state index in [1.165, 1.54) is 26.2 Å². The number of benzene rings is 1. The summed E-state index contributed by atoms with van der Waals surface area (Å²) in [5.74, 6) is -0.658. The highest BCUT2D eigenvalue weighted by atomic mass is 32.2. The van der Waals surface area contributed by atoms with Crippen molar-refractivity contribution in [3.63, 3.8) is 0 Å². The largest absolute Gasteiger partial charge is 0.396 e. The van der Waals surface area contributed by atoms with E-state index in [0.717, 1.165) is 10.4 Å². The lowest BCUT2D eigenvalue weighted by molar-refractivity contribution is 0.527. The summed E-state index contributed by atoms with van der Waals surface area (Å²) >= 11 is 0. The summed E-state index contributed by atoms with van der Waals surface area (Å²) in [7, 11) is -0.863. The van der Waals surface area contributed by atoms with Crippen LogP contribution in [0.15, 0.2) is 18.2 Å². The zero-order valence-corrected chi connectivity index (χ0v) is 9.18. The fourth-order valence-electron chi connectivity index (χ4n) is 0.831. The summed E-state index contributed by atoms with van der Waals surface area (Å²) in [6.07, 6.45) is 0. The van der Waals surface area contributed by atoms with Gasteiger partial charge in [-0.05, 0) is 12.1 Å². The lowest BCUT2D eigenvalue weighted by Gasteiger charge is -2.13. The zero-order chi connectivity index (χ0) is 11.6. The number of rotatable bonds is 3. The average Bonchev–Trinajstić information content (AvgIpc) is 2.10. The molecule has 0 fully saturated rings. The van der Waals surface area contributed by atoms with Crippen LogP contribution in [0.3, 0.4) is 0 Å². The van der Waals surface area contributed by atoms with Crippen molar-refractivity contribution in [2.75, 3.05) is 24.6 Å². The molecular formula is C8H12FN3O2S. The molecule has 0 radical (unpaired) electrons. The van der Waals surface area contributed by atoms with Crippen LogP contribution in [0.5, 0.6) is 0 Å². The smallest absolute Gasteiger partial charge is 0.301 e. The van der Waals surface area contributed by atoms with E-state index < -0.39 is 16.0 Å². The third-order valence-electron chi connectivity index (χ3n) is 1.73. The molecule has 0 amide bonds. The van der Waals surface area contributed by atoms with Crippen LogP contribution in [-0.2, 0) is 10.2 Å². The highest BCUT2D eigenvalue weighted by molar-refractivity contribution is 7.90. The van der Waals surface area contributed by atoms with E-state index in [9.17, 15) is 12.8 Å². The van der Waals surface area contributed by atoms with Crippen LogP contribution in [0.2, 0.25) is 0 Å². The quantitative estimate of drug-likeness (QED) is 0.752. The van der Waals surface area contributed by atoms with Gasteiger partial charge in [0.1, 0.15) is 5.82 Å². The van der Waals surface area contributed by atoms with E-state index in [4.69, 9.17) is 5.73 Å².